The van der Waals surface area contributed by atoms with Crippen molar-refractivity contribution in [1.82, 2.24) is 25.4 Å². The molecule has 0 saturated heterocycles. The maximum absolute atomic E-state index is 13.1. The van der Waals surface area contributed by atoms with Crippen LogP contribution in [0.2, 0.25) is 0 Å². The maximum atomic E-state index is 13.1. The molecule has 1 atom stereocenters. The van der Waals surface area contributed by atoms with Crippen molar-refractivity contribution >= 4 is 17.6 Å². The first-order valence-corrected chi connectivity index (χ1v) is 10.4. The normalized spacial score (nSPS) is 11.7. The minimum absolute atomic E-state index is 0.0636. The van der Waals surface area contributed by atoms with Gasteiger partial charge in [0.25, 0.3) is 0 Å². The average molecular weight is 421 g/mol. The molecule has 3 N–H and O–H groups in total. The Kier molecular flexibility index (Phi) is 7.89. The molecule has 162 valence electrons. The first-order valence-electron chi connectivity index (χ1n) is 10.4. The van der Waals surface area contributed by atoms with E-state index < -0.39 is 6.04 Å². The summed E-state index contributed by atoms with van der Waals surface area (Å²) in [4.78, 5) is 29.1. The average Bonchev–Trinajstić information content (AvgIpc) is 3.21. The Morgan fingerprint density at radius 1 is 1.06 bits per heavy atom. The number of nitrogens with zero attached hydrogens (tertiary/aromatic N) is 3. The second-order valence-corrected chi connectivity index (χ2v) is 7.03. The molecule has 0 unspecified atom stereocenters. The third-order valence-corrected chi connectivity index (χ3v) is 4.79. The van der Waals surface area contributed by atoms with Gasteiger partial charge in [-0.05, 0) is 38.0 Å². The number of anilines is 1. The van der Waals surface area contributed by atoms with E-state index in [0.29, 0.717) is 25.3 Å². The van der Waals surface area contributed by atoms with Crippen LogP contribution in [0.1, 0.15) is 19.4 Å². The Balaban J connectivity index is 1.77. The van der Waals surface area contributed by atoms with Crippen molar-refractivity contribution in [3.8, 4) is 11.3 Å². The van der Waals surface area contributed by atoms with Crippen molar-refractivity contribution in [2.75, 3.05) is 18.4 Å². The summed E-state index contributed by atoms with van der Waals surface area (Å²) in [6.45, 7) is 5.04. The molecule has 8 heteroatoms. The summed E-state index contributed by atoms with van der Waals surface area (Å²) < 4.78 is 1.75. The number of amides is 2. The monoisotopic (exact) mass is 420 g/mol. The van der Waals surface area contributed by atoms with E-state index >= 15 is 0 Å². The minimum Gasteiger partial charge on any atom is -0.355 e. The molecule has 0 radical (unpaired) electrons. The van der Waals surface area contributed by atoms with Crippen LogP contribution >= 0.6 is 0 Å². The van der Waals surface area contributed by atoms with Gasteiger partial charge in [-0.15, -0.1) is 0 Å². The van der Waals surface area contributed by atoms with E-state index in [4.69, 9.17) is 0 Å². The second kappa shape index (κ2) is 11.0. The van der Waals surface area contributed by atoms with Gasteiger partial charge >= 0.3 is 0 Å². The molecule has 2 heterocycles. The van der Waals surface area contributed by atoms with Gasteiger partial charge in [0.05, 0.1) is 18.3 Å². The Bertz CT molecular complexity index is 988. The van der Waals surface area contributed by atoms with Gasteiger partial charge in [0, 0.05) is 37.1 Å². The van der Waals surface area contributed by atoms with Crippen LogP contribution in [0.4, 0.5) is 5.82 Å². The van der Waals surface area contributed by atoms with E-state index in [1.165, 1.54) is 0 Å². The van der Waals surface area contributed by atoms with Crippen LogP contribution in [-0.2, 0) is 22.6 Å². The SMILES string of the molecule is CCNC(=O)CN[C@@H](Cc1ccccc1)C(=O)Nc1cc(-c2ccncc2)nn1CC. The molecule has 2 aromatic heterocycles. The van der Waals surface area contributed by atoms with E-state index in [0.717, 1.165) is 16.8 Å². The number of carbonyl (C=O) groups excluding carboxylic acids is 2. The highest BCUT2D eigenvalue weighted by atomic mass is 16.2. The fourth-order valence-corrected chi connectivity index (χ4v) is 3.22. The first kappa shape index (κ1) is 22.2. The third kappa shape index (κ3) is 6.23. The van der Waals surface area contributed by atoms with Gasteiger partial charge in [-0.3, -0.25) is 19.9 Å². The molecule has 0 spiro atoms. The number of carbonyl (C=O) groups is 2. The lowest BCUT2D eigenvalue weighted by Crippen LogP contribution is -2.46. The van der Waals surface area contributed by atoms with Crippen molar-refractivity contribution in [3.63, 3.8) is 0 Å². The summed E-state index contributed by atoms with van der Waals surface area (Å²) in [5.74, 6) is 0.244. The molecule has 0 aliphatic rings. The van der Waals surface area contributed by atoms with E-state index in [1.807, 2.05) is 62.4 Å². The van der Waals surface area contributed by atoms with Crippen LogP contribution in [0.15, 0.2) is 60.9 Å². The molecule has 1 aromatic carbocycles. The highest BCUT2D eigenvalue weighted by Gasteiger charge is 2.21. The zero-order valence-electron chi connectivity index (χ0n) is 17.8. The molecule has 0 aliphatic carbocycles. The van der Waals surface area contributed by atoms with Crippen LogP contribution in [0.3, 0.4) is 0 Å². The molecule has 3 rings (SSSR count). The Morgan fingerprint density at radius 2 is 1.81 bits per heavy atom. The van der Waals surface area contributed by atoms with Crippen molar-refractivity contribution in [3.05, 3.63) is 66.5 Å². The van der Waals surface area contributed by atoms with Crippen LogP contribution in [0.25, 0.3) is 11.3 Å². The first-order chi connectivity index (χ1) is 15.1. The fraction of sp³-hybridized carbons (Fsp3) is 0.304. The van der Waals surface area contributed by atoms with Gasteiger partial charge in [0.15, 0.2) is 0 Å². The van der Waals surface area contributed by atoms with E-state index in [2.05, 4.69) is 26.0 Å². The highest BCUT2D eigenvalue weighted by molar-refractivity contribution is 5.95. The van der Waals surface area contributed by atoms with Gasteiger partial charge in [0.2, 0.25) is 11.8 Å². The van der Waals surface area contributed by atoms with Gasteiger partial charge in [-0.1, -0.05) is 30.3 Å². The van der Waals surface area contributed by atoms with Gasteiger partial charge in [-0.25, -0.2) is 4.68 Å². The largest absolute Gasteiger partial charge is 0.355 e. The van der Waals surface area contributed by atoms with Crippen LogP contribution in [-0.4, -0.2) is 45.7 Å². The number of nitrogens with one attached hydrogen (secondary N) is 3. The number of pyridine rings is 1. The predicted molar refractivity (Wildman–Crippen MR) is 120 cm³/mol. The summed E-state index contributed by atoms with van der Waals surface area (Å²) in [5.41, 5.74) is 2.69. The Hall–Kier alpha value is -3.52. The quantitative estimate of drug-likeness (QED) is 0.467. The number of likely N-dealkylation sites (N-methyl/N-ethyl adjacent to an activating group) is 1. The van der Waals surface area contributed by atoms with E-state index in [-0.39, 0.29) is 18.4 Å². The standard InChI is InChI=1S/C23H28N6O2/c1-3-25-22(30)16-26-20(14-17-8-6-5-7-9-17)23(31)27-21-15-19(28-29(21)4-2)18-10-12-24-13-11-18/h5-13,15,20,26H,3-4,14,16H2,1-2H3,(H,25,30)(H,27,31)/t20-/m0/s1. The van der Waals surface area contributed by atoms with Gasteiger partial charge < -0.3 is 10.6 Å². The number of hydrogen-bond donors (Lipinski definition) is 3. The minimum atomic E-state index is -0.574. The van der Waals surface area contributed by atoms with Crippen LogP contribution in [0.5, 0.6) is 0 Å². The summed E-state index contributed by atoms with van der Waals surface area (Å²) in [6.07, 6.45) is 3.88. The topological polar surface area (TPSA) is 101 Å². The Morgan fingerprint density at radius 3 is 2.48 bits per heavy atom. The summed E-state index contributed by atoms with van der Waals surface area (Å²) in [7, 11) is 0. The number of rotatable bonds is 10. The summed E-state index contributed by atoms with van der Waals surface area (Å²) >= 11 is 0. The molecule has 0 aliphatic heterocycles. The van der Waals surface area contributed by atoms with Gasteiger partial charge in [-0.2, -0.15) is 5.10 Å². The van der Waals surface area contributed by atoms with Gasteiger partial charge in [0.1, 0.15) is 5.82 Å². The number of hydrogen-bond acceptors (Lipinski definition) is 5. The van der Waals surface area contributed by atoms with E-state index in [9.17, 15) is 9.59 Å². The highest BCUT2D eigenvalue weighted by Crippen LogP contribution is 2.21. The zero-order chi connectivity index (χ0) is 22.1. The molecular weight excluding hydrogens is 392 g/mol. The molecule has 0 saturated carbocycles. The molecule has 3 aromatic rings. The van der Waals surface area contributed by atoms with Crippen molar-refractivity contribution in [2.24, 2.45) is 0 Å². The molecule has 31 heavy (non-hydrogen) atoms. The molecule has 0 bridgehead atoms. The summed E-state index contributed by atoms with van der Waals surface area (Å²) in [6, 6.07) is 14.7. The van der Waals surface area contributed by atoms with E-state index in [1.54, 1.807) is 17.1 Å². The zero-order valence-corrected chi connectivity index (χ0v) is 17.8. The third-order valence-electron chi connectivity index (χ3n) is 4.79. The second-order valence-electron chi connectivity index (χ2n) is 7.03. The van der Waals surface area contributed by atoms with Crippen LogP contribution < -0.4 is 16.0 Å². The lowest BCUT2D eigenvalue weighted by molar-refractivity contribution is -0.121. The Labute approximate surface area is 182 Å². The molecule has 0 fully saturated rings. The molecular formula is C23H28N6O2. The fourth-order valence-electron chi connectivity index (χ4n) is 3.22. The predicted octanol–water partition coefficient (Wildman–Crippen LogP) is 2.24. The lowest BCUT2D eigenvalue weighted by Gasteiger charge is -2.18. The van der Waals surface area contributed by atoms with Crippen molar-refractivity contribution in [1.29, 1.82) is 0 Å². The molecule has 2 amide bonds. The van der Waals surface area contributed by atoms with Crippen molar-refractivity contribution < 1.29 is 9.59 Å². The number of aromatic nitrogens is 3. The maximum Gasteiger partial charge on any atom is 0.243 e. The smallest absolute Gasteiger partial charge is 0.243 e. The van der Waals surface area contributed by atoms with Crippen LogP contribution in [0, 0.1) is 0 Å². The number of benzene rings is 1. The van der Waals surface area contributed by atoms with Crippen molar-refractivity contribution in [2.45, 2.75) is 32.9 Å². The summed E-state index contributed by atoms with van der Waals surface area (Å²) in [5, 5.41) is 13.4. The number of aryl methyl sites for hydroxylation is 1. The molecule has 8 nitrogen and oxygen atoms in total. The lowest BCUT2D eigenvalue weighted by atomic mass is 10.1.